The summed E-state index contributed by atoms with van der Waals surface area (Å²) in [5.74, 6) is -0.908. The zero-order chi connectivity index (χ0) is 14.0. The second kappa shape index (κ2) is 5.14. The van der Waals surface area contributed by atoms with Gasteiger partial charge in [0.1, 0.15) is 0 Å². The third-order valence-electron chi connectivity index (χ3n) is 3.24. The summed E-state index contributed by atoms with van der Waals surface area (Å²) in [6, 6.07) is 7.23. The lowest BCUT2D eigenvalue weighted by atomic mass is 10.1. The first-order chi connectivity index (χ1) is 9.00. The zero-order valence-electron chi connectivity index (χ0n) is 11.2. The van der Waals surface area contributed by atoms with E-state index in [1.807, 2.05) is 33.0 Å². The zero-order valence-corrected chi connectivity index (χ0v) is 11.2. The van der Waals surface area contributed by atoms with Crippen LogP contribution in [0.25, 0.3) is 0 Å². The third-order valence-corrected chi connectivity index (χ3v) is 3.24. The second-order valence-corrected chi connectivity index (χ2v) is 4.53. The van der Waals surface area contributed by atoms with Gasteiger partial charge in [0.25, 0.3) is 0 Å². The Morgan fingerprint density at radius 2 is 2.16 bits per heavy atom. The Labute approximate surface area is 111 Å². The summed E-state index contributed by atoms with van der Waals surface area (Å²) in [7, 11) is 1.88. The highest BCUT2D eigenvalue weighted by atomic mass is 16.4. The van der Waals surface area contributed by atoms with Crippen LogP contribution in [0.4, 0.5) is 5.69 Å². The number of nitrogens with zero attached hydrogens (tertiary/aromatic N) is 2. The normalized spacial score (nSPS) is 12.2. The van der Waals surface area contributed by atoms with E-state index < -0.39 is 5.97 Å². The van der Waals surface area contributed by atoms with E-state index in [4.69, 9.17) is 5.11 Å². The molecule has 0 spiro atoms. The number of carbonyl (C=O) groups is 1. The molecule has 5 nitrogen and oxygen atoms in total. The number of carboxylic acids is 1. The summed E-state index contributed by atoms with van der Waals surface area (Å²) < 4.78 is 1.80. The van der Waals surface area contributed by atoms with E-state index >= 15 is 0 Å². The van der Waals surface area contributed by atoms with Crippen molar-refractivity contribution in [3.8, 4) is 0 Å². The van der Waals surface area contributed by atoms with Crippen LogP contribution in [-0.2, 0) is 7.05 Å². The maximum atomic E-state index is 11.1. The van der Waals surface area contributed by atoms with Crippen molar-refractivity contribution in [2.75, 3.05) is 5.32 Å². The Bertz CT molecular complexity index is 604. The first-order valence-corrected chi connectivity index (χ1v) is 6.08. The molecule has 0 saturated carbocycles. The summed E-state index contributed by atoms with van der Waals surface area (Å²) in [6.45, 7) is 3.83. The van der Waals surface area contributed by atoms with E-state index in [0.717, 1.165) is 16.9 Å². The molecule has 0 aliphatic heterocycles. The van der Waals surface area contributed by atoms with Crippen molar-refractivity contribution in [3.05, 3.63) is 47.3 Å². The van der Waals surface area contributed by atoms with Crippen molar-refractivity contribution in [2.24, 2.45) is 7.05 Å². The van der Waals surface area contributed by atoms with Gasteiger partial charge in [-0.15, -0.1) is 0 Å². The molecule has 2 aromatic rings. The Hall–Kier alpha value is -2.30. The molecular formula is C14H17N3O2. The van der Waals surface area contributed by atoms with Crippen LogP contribution in [0.15, 0.2) is 30.5 Å². The van der Waals surface area contributed by atoms with E-state index in [9.17, 15) is 4.79 Å². The lowest BCUT2D eigenvalue weighted by Gasteiger charge is -2.18. The average Bonchev–Trinajstić information content (AvgIpc) is 2.77. The molecule has 1 unspecified atom stereocenters. The van der Waals surface area contributed by atoms with Crippen molar-refractivity contribution in [2.45, 2.75) is 19.9 Å². The highest BCUT2D eigenvalue weighted by Crippen LogP contribution is 2.24. The molecule has 0 radical (unpaired) electrons. The largest absolute Gasteiger partial charge is 0.478 e. The van der Waals surface area contributed by atoms with Crippen LogP contribution in [0, 0.1) is 6.92 Å². The lowest BCUT2D eigenvalue weighted by molar-refractivity contribution is 0.0696. The fraction of sp³-hybridized carbons (Fsp3) is 0.286. The fourth-order valence-electron chi connectivity index (χ4n) is 2.14. The van der Waals surface area contributed by atoms with Crippen LogP contribution < -0.4 is 5.32 Å². The maximum absolute atomic E-state index is 11.1. The molecule has 1 aromatic carbocycles. The SMILES string of the molecule is Cc1c(NC(C)c2ccnn2C)cccc1C(=O)O. The van der Waals surface area contributed by atoms with Crippen LogP contribution in [0.2, 0.25) is 0 Å². The molecule has 0 aliphatic rings. The standard InChI is InChI=1S/C14H17N3O2/c1-9-11(14(18)19)5-4-6-12(9)16-10(2)13-7-8-15-17(13)3/h4-8,10,16H,1-3H3,(H,18,19). The highest BCUT2D eigenvalue weighted by molar-refractivity contribution is 5.91. The molecule has 100 valence electrons. The van der Waals surface area contributed by atoms with Gasteiger partial charge >= 0.3 is 5.97 Å². The Balaban J connectivity index is 2.27. The molecule has 1 atom stereocenters. The minimum atomic E-state index is -0.908. The predicted molar refractivity (Wildman–Crippen MR) is 73.4 cm³/mol. The Morgan fingerprint density at radius 1 is 1.42 bits per heavy atom. The molecule has 0 bridgehead atoms. The molecule has 1 aromatic heterocycles. The molecule has 2 N–H and O–H groups in total. The Kier molecular flexibility index (Phi) is 3.55. The van der Waals surface area contributed by atoms with E-state index in [0.29, 0.717) is 5.56 Å². The summed E-state index contributed by atoms with van der Waals surface area (Å²) in [6.07, 6.45) is 1.74. The number of hydrogen-bond acceptors (Lipinski definition) is 3. The predicted octanol–water partition coefficient (Wildman–Crippen LogP) is 2.60. The van der Waals surface area contributed by atoms with Gasteiger partial charge < -0.3 is 10.4 Å². The van der Waals surface area contributed by atoms with Gasteiger partial charge in [-0.2, -0.15) is 5.10 Å². The first-order valence-electron chi connectivity index (χ1n) is 6.08. The molecule has 2 rings (SSSR count). The van der Waals surface area contributed by atoms with Gasteiger partial charge in [0.05, 0.1) is 17.3 Å². The molecule has 0 aliphatic carbocycles. The van der Waals surface area contributed by atoms with Gasteiger partial charge in [0.2, 0.25) is 0 Å². The van der Waals surface area contributed by atoms with E-state index in [2.05, 4.69) is 10.4 Å². The van der Waals surface area contributed by atoms with Crippen LogP contribution in [0.3, 0.4) is 0 Å². The number of carboxylic acid groups (broad SMARTS) is 1. The van der Waals surface area contributed by atoms with E-state index in [1.54, 1.807) is 23.0 Å². The van der Waals surface area contributed by atoms with Crippen molar-refractivity contribution in [1.82, 2.24) is 9.78 Å². The number of benzene rings is 1. The molecule has 5 heteroatoms. The van der Waals surface area contributed by atoms with Crippen molar-refractivity contribution in [1.29, 1.82) is 0 Å². The number of aromatic carboxylic acids is 1. The lowest BCUT2D eigenvalue weighted by Crippen LogP contribution is -2.13. The second-order valence-electron chi connectivity index (χ2n) is 4.53. The smallest absolute Gasteiger partial charge is 0.336 e. The number of aromatic nitrogens is 2. The van der Waals surface area contributed by atoms with Gasteiger partial charge in [0.15, 0.2) is 0 Å². The van der Waals surface area contributed by atoms with Crippen molar-refractivity contribution >= 4 is 11.7 Å². The van der Waals surface area contributed by atoms with Crippen LogP contribution in [-0.4, -0.2) is 20.9 Å². The van der Waals surface area contributed by atoms with Gasteiger partial charge in [-0.05, 0) is 37.6 Å². The average molecular weight is 259 g/mol. The van der Waals surface area contributed by atoms with Crippen LogP contribution in [0.1, 0.15) is 34.6 Å². The molecule has 0 amide bonds. The first kappa shape index (κ1) is 13.1. The van der Waals surface area contributed by atoms with E-state index in [-0.39, 0.29) is 6.04 Å². The third kappa shape index (κ3) is 2.59. The van der Waals surface area contributed by atoms with Gasteiger partial charge in [-0.1, -0.05) is 6.07 Å². The molecule has 19 heavy (non-hydrogen) atoms. The Morgan fingerprint density at radius 3 is 2.74 bits per heavy atom. The summed E-state index contributed by atoms with van der Waals surface area (Å²) in [4.78, 5) is 11.1. The summed E-state index contributed by atoms with van der Waals surface area (Å²) in [5, 5.41) is 16.6. The van der Waals surface area contributed by atoms with Crippen molar-refractivity contribution in [3.63, 3.8) is 0 Å². The molecule has 1 heterocycles. The monoisotopic (exact) mass is 259 g/mol. The quantitative estimate of drug-likeness (QED) is 0.885. The minimum Gasteiger partial charge on any atom is -0.478 e. The minimum absolute atomic E-state index is 0.0512. The molecule has 0 fully saturated rings. The van der Waals surface area contributed by atoms with Gasteiger partial charge in [0, 0.05) is 18.9 Å². The van der Waals surface area contributed by atoms with E-state index in [1.165, 1.54) is 0 Å². The number of aryl methyl sites for hydroxylation is 1. The van der Waals surface area contributed by atoms with Crippen LogP contribution >= 0.6 is 0 Å². The number of rotatable bonds is 4. The number of hydrogen-bond donors (Lipinski definition) is 2. The topological polar surface area (TPSA) is 67.2 Å². The van der Waals surface area contributed by atoms with Gasteiger partial charge in [-0.3, -0.25) is 4.68 Å². The maximum Gasteiger partial charge on any atom is 0.336 e. The van der Waals surface area contributed by atoms with Crippen LogP contribution in [0.5, 0.6) is 0 Å². The fourth-order valence-corrected chi connectivity index (χ4v) is 2.14. The molecule has 0 saturated heterocycles. The summed E-state index contributed by atoms with van der Waals surface area (Å²) in [5.41, 5.74) is 2.93. The number of nitrogens with one attached hydrogen (secondary N) is 1. The van der Waals surface area contributed by atoms with Crippen molar-refractivity contribution < 1.29 is 9.90 Å². The summed E-state index contributed by atoms with van der Waals surface area (Å²) >= 11 is 0. The van der Waals surface area contributed by atoms with Gasteiger partial charge in [-0.25, -0.2) is 4.79 Å². The highest BCUT2D eigenvalue weighted by Gasteiger charge is 2.13. The number of anilines is 1. The molecular weight excluding hydrogens is 242 g/mol.